The lowest BCUT2D eigenvalue weighted by Crippen LogP contribution is -2.53. The van der Waals surface area contributed by atoms with Crippen LogP contribution in [0.2, 0.25) is 0 Å². The second kappa shape index (κ2) is 4.76. The topological polar surface area (TPSA) is 40.6 Å². The fraction of sp³-hybridized carbons (Fsp3) is 1.00. The second-order valence-corrected chi connectivity index (χ2v) is 8.34. The maximum absolute atomic E-state index is 11.8. The third-order valence-corrected chi connectivity index (χ3v) is 7.08. The molecule has 0 spiro atoms. The number of hydrogen-bond acceptors (Lipinski definition) is 3. The minimum absolute atomic E-state index is 0.237. The van der Waals surface area contributed by atoms with Gasteiger partial charge in [0.2, 0.25) is 10.0 Å². The number of fused-ring (bicyclic) bond motifs is 2. The minimum Gasteiger partial charge on any atom is -0.297 e. The highest BCUT2D eigenvalue weighted by Gasteiger charge is 2.43. The molecule has 3 rings (SSSR count). The van der Waals surface area contributed by atoms with Crippen molar-refractivity contribution in [2.45, 2.75) is 38.6 Å². The van der Waals surface area contributed by atoms with Crippen molar-refractivity contribution in [3.63, 3.8) is 0 Å². The molecule has 0 aromatic carbocycles. The molecule has 1 saturated heterocycles. The Kier molecular flexibility index (Phi) is 3.41. The molecule has 1 aliphatic heterocycles. The smallest absolute Gasteiger partial charge is 0.213 e. The van der Waals surface area contributed by atoms with Crippen molar-refractivity contribution in [1.29, 1.82) is 0 Å². The van der Waals surface area contributed by atoms with Crippen molar-refractivity contribution in [3.8, 4) is 0 Å². The molecular weight excluding hydrogens is 248 g/mol. The molecule has 3 fully saturated rings. The van der Waals surface area contributed by atoms with Gasteiger partial charge in [0.1, 0.15) is 0 Å². The van der Waals surface area contributed by atoms with E-state index in [4.69, 9.17) is 0 Å². The van der Waals surface area contributed by atoms with Crippen LogP contribution in [0.5, 0.6) is 0 Å². The van der Waals surface area contributed by atoms with Crippen LogP contribution in [0.4, 0.5) is 0 Å². The Hall–Kier alpha value is -0.130. The maximum atomic E-state index is 11.8. The lowest BCUT2D eigenvalue weighted by molar-refractivity contribution is 0.101. The summed E-state index contributed by atoms with van der Waals surface area (Å²) in [6.45, 7) is 5.01. The number of hydrogen-bond donors (Lipinski definition) is 0. The Bertz CT molecular complexity index is 401. The van der Waals surface area contributed by atoms with Crippen LogP contribution in [0.3, 0.4) is 0 Å². The van der Waals surface area contributed by atoms with Gasteiger partial charge in [0.15, 0.2) is 0 Å². The van der Waals surface area contributed by atoms with E-state index in [1.165, 1.54) is 25.7 Å². The van der Waals surface area contributed by atoms with Crippen molar-refractivity contribution in [2.24, 2.45) is 11.8 Å². The quantitative estimate of drug-likeness (QED) is 0.773. The average molecular weight is 272 g/mol. The van der Waals surface area contributed by atoms with Crippen LogP contribution in [-0.4, -0.2) is 55.6 Å². The lowest BCUT2D eigenvalue weighted by Gasteiger charge is -2.40. The van der Waals surface area contributed by atoms with Gasteiger partial charge in [0, 0.05) is 32.2 Å². The van der Waals surface area contributed by atoms with Crippen LogP contribution in [0, 0.1) is 11.8 Å². The Balaban J connectivity index is 1.58. The molecule has 0 radical (unpaired) electrons. The predicted octanol–water partition coefficient (Wildman–Crippen LogP) is 1.14. The number of nitrogens with zero attached hydrogens (tertiary/aromatic N) is 2. The van der Waals surface area contributed by atoms with E-state index in [-0.39, 0.29) is 5.75 Å². The van der Waals surface area contributed by atoms with Crippen LogP contribution in [0.25, 0.3) is 0 Å². The van der Waals surface area contributed by atoms with Gasteiger partial charge in [-0.1, -0.05) is 6.42 Å². The first-order chi connectivity index (χ1) is 8.60. The summed E-state index contributed by atoms with van der Waals surface area (Å²) in [5, 5.41) is 0. The first-order valence-corrected chi connectivity index (χ1v) is 8.93. The molecule has 3 aliphatic rings. The number of sulfonamides is 1. The molecule has 104 valence electrons. The third-order valence-electron chi connectivity index (χ3n) is 5.20. The number of rotatable bonds is 3. The average Bonchev–Trinajstić information content (AvgIpc) is 3.01. The third kappa shape index (κ3) is 2.21. The molecule has 1 heterocycles. The first kappa shape index (κ1) is 12.9. The van der Waals surface area contributed by atoms with Crippen LogP contribution < -0.4 is 0 Å². The van der Waals surface area contributed by atoms with Gasteiger partial charge in [0.05, 0.1) is 5.75 Å². The van der Waals surface area contributed by atoms with Gasteiger partial charge in [-0.15, -0.1) is 0 Å². The molecule has 0 aromatic rings. The van der Waals surface area contributed by atoms with E-state index in [1.54, 1.807) is 11.2 Å². The van der Waals surface area contributed by atoms with Crippen molar-refractivity contribution >= 4 is 10.0 Å². The molecule has 4 nitrogen and oxygen atoms in total. The van der Waals surface area contributed by atoms with Crippen LogP contribution in [0.15, 0.2) is 0 Å². The first-order valence-electron chi connectivity index (χ1n) is 7.32. The van der Waals surface area contributed by atoms with E-state index in [0.717, 1.165) is 31.0 Å². The zero-order valence-electron chi connectivity index (χ0n) is 11.2. The monoisotopic (exact) mass is 272 g/mol. The van der Waals surface area contributed by atoms with E-state index in [9.17, 15) is 8.42 Å². The van der Waals surface area contributed by atoms with Gasteiger partial charge in [-0.3, -0.25) is 4.90 Å². The lowest BCUT2D eigenvalue weighted by atomic mass is 9.93. The molecule has 0 amide bonds. The highest BCUT2D eigenvalue weighted by molar-refractivity contribution is 7.89. The van der Waals surface area contributed by atoms with Gasteiger partial charge in [-0.25, -0.2) is 8.42 Å². The summed E-state index contributed by atoms with van der Waals surface area (Å²) in [6, 6.07) is 0.759. The van der Waals surface area contributed by atoms with Crippen molar-refractivity contribution in [1.82, 2.24) is 9.21 Å². The SMILES string of the molecule is CCS(=O)(=O)N1CCN([C@H]2C[C@H]3CC[C@H]2C3)CC1. The molecular formula is C13H24N2O2S. The van der Waals surface area contributed by atoms with Crippen LogP contribution in [0.1, 0.15) is 32.6 Å². The van der Waals surface area contributed by atoms with Gasteiger partial charge < -0.3 is 0 Å². The van der Waals surface area contributed by atoms with E-state index >= 15 is 0 Å². The fourth-order valence-electron chi connectivity index (χ4n) is 4.15. The van der Waals surface area contributed by atoms with Crippen LogP contribution in [-0.2, 0) is 10.0 Å². The van der Waals surface area contributed by atoms with Crippen molar-refractivity contribution in [3.05, 3.63) is 0 Å². The predicted molar refractivity (Wildman–Crippen MR) is 71.8 cm³/mol. The molecule has 5 heteroatoms. The normalized spacial score (nSPS) is 38.4. The van der Waals surface area contributed by atoms with Crippen LogP contribution >= 0.6 is 0 Å². The zero-order chi connectivity index (χ0) is 12.8. The molecule has 18 heavy (non-hydrogen) atoms. The van der Waals surface area contributed by atoms with E-state index in [1.807, 2.05) is 0 Å². The highest BCUT2D eigenvalue weighted by atomic mass is 32.2. The summed E-state index contributed by atoms with van der Waals surface area (Å²) < 4.78 is 25.3. The Morgan fingerprint density at radius 3 is 2.28 bits per heavy atom. The van der Waals surface area contributed by atoms with E-state index in [2.05, 4.69) is 4.90 Å². The Morgan fingerprint density at radius 2 is 1.78 bits per heavy atom. The molecule has 2 bridgehead atoms. The maximum Gasteiger partial charge on any atom is 0.213 e. The van der Waals surface area contributed by atoms with E-state index in [0.29, 0.717) is 13.1 Å². The summed E-state index contributed by atoms with van der Waals surface area (Å²) in [5.74, 6) is 2.11. The van der Waals surface area contributed by atoms with Crippen molar-refractivity contribution in [2.75, 3.05) is 31.9 Å². The summed E-state index contributed by atoms with van der Waals surface area (Å²) in [4.78, 5) is 2.56. The molecule has 2 saturated carbocycles. The van der Waals surface area contributed by atoms with Gasteiger partial charge in [-0.2, -0.15) is 4.31 Å². The van der Waals surface area contributed by atoms with Gasteiger partial charge in [0.25, 0.3) is 0 Å². The molecule has 2 aliphatic carbocycles. The minimum atomic E-state index is -2.97. The fourth-order valence-corrected chi connectivity index (χ4v) is 5.24. The Morgan fingerprint density at radius 1 is 1.06 bits per heavy atom. The molecule has 0 aromatic heterocycles. The number of piperazine rings is 1. The second-order valence-electron chi connectivity index (χ2n) is 6.08. The molecule has 0 unspecified atom stereocenters. The summed E-state index contributed by atoms with van der Waals surface area (Å²) in [5.41, 5.74) is 0. The standard InChI is InChI=1S/C13H24N2O2S/c1-2-18(16,17)15-7-5-14(6-8-15)13-10-11-3-4-12(13)9-11/h11-13H,2-10H2,1H3/t11-,12-,13-/m0/s1. The van der Waals surface area contributed by atoms with Crippen molar-refractivity contribution < 1.29 is 8.42 Å². The summed E-state index contributed by atoms with van der Waals surface area (Å²) >= 11 is 0. The van der Waals surface area contributed by atoms with Gasteiger partial charge >= 0.3 is 0 Å². The zero-order valence-corrected chi connectivity index (χ0v) is 12.0. The summed E-state index contributed by atoms with van der Waals surface area (Å²) in [7, 11) is -2.97. The van der Waals surface area contributed by atoms with E-state index < -0.39 is 10.0 Å². The van der Waals surface area contributed by atoms with Gasteiger partial charge in [-0.05, 0) is 38.0 Å². The molecule has 0 N–H and O–H groups in total. The highest BCUT2D eigenvalue weighted by Crippen LogP contribution is 2.46. The largest absolute Gasteiger partial charge is 0.297 e. The summed E-state index contributed by atoms with van der Waals surface area (Å²) in [6.07, 6.45) is 5.64. The molecule has 3 atom stereocenters. The Labute approximate surface area is 110 Å².